The number of nitrogens with one attached hydrogen (secondary N) is 1. The Balaban J connectivity index is 2.00. The number of benzene rings is 1. The highest BCUT2D eigenvalue weighted by Crippen LogP contribution is 2.41. The Morgan fingerprint density at radius 2 is 2.21 bits per heavy atom. The van der Waals surface area contributed by atoms with E-state index in [0.717, 1.165) is 22.9 Å². The van der Waals surface area contributed by atoms with Gasteiger partial charge in [-0.2, -0.15) is 0 Å². The molecule has 2 aromatic rings. The first-order chi connectivity index (χ1) is 9.31. The third-order valence-corrected chi connectivity index (χ3v) is 5.01. The van der Waals surface area contributed by atoms with Crippen molar-refractivity contribution in [1.82, 2.24) is 5.32 Å². The van der Waals surface area contributed by atoms with Gasteiger partial charge in [-0.25, -0.2) is 0 Å². The van der Waals surface area contributed by atoms with Crippen molar-refractivity contribution in [3.63, 3.8) is 0 Å². The fraction of sp³-hybridized carbons (Fsp3) is 0.333. The number of likely N-dealkylation sites (N-methyl/N-ethyl adjacent to an activating group) is 1. The smallest absolute Gasteiger partial charge is 0.103 e. The molecule has 0 saturated heterocycles. The van der Waals surface area contributed by atoms with Crippen molar-refractivity contribution in [3.8, 4) is 0 Å². The average molecular weight is 294 g/mol. The van der Waals surface area contributed by atoms with Crippen LogP contribution in [-0.2, 0) is 11.2 Å². The molecule has 0 bridgehead atoms. The van der Waals surface area contributed by atoms with Gasteiger partial charge in [-0.3, -0.25) is 0 Å². The summed E-state index contributed by atoms with van der Waals surface area (Å²) in [6.07, 6.45) is 1.02. The minimum atomic E-state index is 0.0334. The highest BCUT2D eigenvalue weighted by Gasteiger charge is 2.30. The number of thiophene rings is 1. The van der Waals surface area contributed by atoms with E-state index in [1.807, 2.05) is 18.5 Å². The van der Waals surface area contributed by atoms with Gasteiger partial charge in [0.1, 0.15) is 6.10 Å². The first kappa shape index (κ1) is 13.1. The van der Waals surface area contributed by atoms with Crippen molar-refractivity contribution in [1.29, 1.82) is 0 Å². The fourth-order valence-electron chi connectivity index (χ4n) is 2.65. The van der Waals surface area contributed by atoms with Gasteiger partial charge >= 0.3 is 0 Å². The Morgan fingerprint density at radius 3 is 2.95 bits per heavy atom. The number of ether oxygens (including phenoxy) is 1. The van der Waals surface area contributed by atoms with E-state index in [1.54, 1.807) is 11.3 Å². The van der Waals surface area contributed by atoms with Gasteiger partial charge in [-0.15, -0.1) is 11.3 Å². The van der Waals surface area contributed by atoms with Crippen LogP contribution in [0.15, 0.2) is 35.7 Å². The summed E-state index contributed by atoms with van der Waals surface area (Å²) in [5, 5.41) is 6.20. The van der Waals surface area contributed by atoms with E-state index >= 15 is 0 Å². The maximum Gasteiger partial charge on any atom is 0.103 e. The summed E-state index contributed by atoms with van der Waals surface area (Å²) in [4.78, 5) is 1.14. The lowest BCUT2D eigenvalue weighted by atomic mass is 9.92. The van der Waals surface area contributed by atoms with Gasteiger partial charge in [-0.1, -0.05) is 35.9 Å². The zero-order valence-corrected chi connectivity index (χ0v) is 12.3. The minimum Gasteiger partial charge on any atom is -0.371 e. The molecular formula is C15H16ClNOS. The van der Waals surface area contributed by atoms with Gasteiger partial charge in [-0.05, 0) is 36.0 Å². The quantitative estimate of drug-likeness (QED) is 0.924. The van der Waals surface area contributed by atoms with Crippen molar-refractivity contribution < 1.29 is 4.74 Å². The summed E-state index contributed by atoms with van der Waals surface area (Å²) in [6.45, 7) is 0.767. The van der Waals surface area contributed by atoms with Crippen LogP contribution in [-0.4, -0.2) is 13.7 Å². The predicted octanol–water partition coefficient (Wildman–Crippen LogP) is 3.98. The molecule has 2 unspecified atom stereocenters. The molecule has 1 aromatic heterocycles. The summed E-state index contributed by atoms with van der Waals surface area (Å²) in [6, 6.07) is 10.6. The molecule has 2 nitrogen and oxygen atoms in total. The van der Waals surface area contributed by atoms with Crippen molar-refractivity contribution >= 4 is 22.9 Å². The molecule has 0 fully saturated rings. The highest BCUT2D eigenvalue weighted by atomic mass is 35.5. The van der Waals surface area contributed by atoms with Gasteiger partial charge < -0.3 is 10.1 Å². The highest BCUT2D eigenvalue weighted by molar-refractivity contribution is 7.10. The summed E-state index contributed by atoms with van der Waals surface area (Å²) in [5.74, 6) is 0. The molecule has 0 radical (unpaired) electrons. The van der Waals surface area contributed by atoms with Crippen molar-refractivity contribution in [2.24, 2.45) is 0 Å². The Hall–Kier alpha value is -0.870. The number of fused-ring (bicyclic) bond motifs is 1. The van der Waals surface area contributed by atoms with Crippen LogP contribution in [0.25, 0.3) is 0 Å². The number of hydrogen-bond donors (Lipinski definition) is 1. The van der Waals surface area contributed by atoms with Crippen LogP contribution in [0.4, 0.5) is 0 Å². The molecule has 4 heteroatoms. The Morgan fingerprint density at radius 1 is 1.37 bits per heavy atom. The second-order valence-electron chi connectivity index (χ2n) is 4.64. The largest absolute Gasteiger partial charge is 0.371 e. The molecular weight excluding hydrogens is 278 g/mol. The Kier molecular flexibility index (Phi) is 3.89. The third-order valence-electron chi connectivity index (χ3n) is 3.57. The third kappa shape index (κ3) is 2.43. The van der Waals surface area contributed by atoms with E-state index in [4.69, 9.17) is 16.3 Å². The maximum absolute atomic E-state index is 6.27. The van der Waals surface area contributed by atoms with Crippen molar-refractivity contribution in [2.45, 2.75) is 18.6 Å². The van der Waals surface area contributed by atoms with Crippen LogP contribution in [0.3, 0.4) is 0 Å². The predicted molar refractivity (Wildman–Crippen MR) is 80.0 cm³/mol. The van der Waals surface area contributed by atoms with Gasteiger partial charge in [0.25, 0.3) is 0 Å². The van der Waals surface area contributed by atoms with Gasteiger partial charge in [0.2, 0.25) is 0 Å². The molecule has 0 amide bonds. The average Bonchev–Trinajstić information content (AvgIpc) is 2.86. The molecule has 0 aliphatic carbocycles. The fourth-order valence-corrected chi connectivity index (χ4v) is 3.96. The standard InChI is InChI=1S/C15H16ClNOS/c1-17-13(15-12(16)7-9-19-15)14-11-5-3-2-4-10(11)6-8-18-14/h2-5,7,9,13-14,17H,6,8H2,1H3. The number of hydrogen-bond acceptors (Lipinski definition) is 3. The second kappa shape index (κ2) is 5.63. The van der Waals surface area contributed by atoms with Gasteiger partial charge in [0, 0.05) is 4.88 Å². The van der Waals surface area contributed by atoms with Crippen LogP contribution >= 0.6 is 22.9 Å². The van der Waals surface area contributed by atoms with E-state index in [1.165, 1.54) is 11.1 Å². The molecule has 100 valence electrons. The lowest BCUT2D eigenvalue weighted by molar-refractivity contribution is 0.0174. The second-order valence-corrected chi connectivity index (χ2v) is 5.99. The molecule has 1 aromatic carbocycles. The number of halogens is 1. The van der Waals surface area contributed by atoms with Gasteiger partial charge in [0.15, 0.2) is 0 Å². The monoisotopic (exact) mass is 293 g/mol. The molecule has 2 heterocycles. The molecule has 2 atom stereocenters. The zero-order chi connectivity index (χ0) is 13.2. The SMILES string of the molecule is CNC(c1sccc1Cl)C1OCCc2ccccc21. The van der Waals surface area contributed by atoms with Crippen LogP contribution in [0.5, 0.6) is 0 Å². The zero-order valence-electron chi connectivity index (χ0n) is 10.7. The summed E-state index contributed by atoms with van der Waals surface area (Å²) in [5.41, 5.74) is 2.66. The van der Waals surface area contributed by atoms with Crippen LogP contribution in [0.2, 0.25) is 5.02 Å². The summed E-state index contributed by atoms with van der Waals surface area (Å²) in [7, 11) is 1.96. The Bertz CT molecular complexity index is 569. The molecule has 1 aliphatic heterocycles. The molecule has 3 rings (SSSR count). The van der Waals surface area contributed by atoms with E-state index in [0.29, 0.717) is 0 Å². The van der Waals surface area contributed by atoms with E-state index in [9.17, 15) is 0 Å². The molecule has 1 aliphatic rings. The maximum atomic E-state index is 6.27. The van der Waals surface area contributed by atoms with Crippen LogP contribution < -0.4 is 5.32 Å². The molecule has 1 N–H and O–H groups in total. The first-order valence-electron chi connectivity index (χ1n) is 6.41. The van der Waals surface area contributed by atoms with Crippen molar-refractivity contribution in [3.05, 3.63) is 56.7 Å². The molecule has 0 saturated carbocycles. The van der Waals surface area contributed by atoms with Gasteiger partial charge in [0.05, 0.1) is 17.7 Å². The lowest BCUT2D eigenvalue weighted by Gasteiger charge is -2.32. The first-order valence-corrected chi connectivity index (χ1v) is 7.66. The van der Waals surface area contributed by atoms with E-state index in [2.05, 4.69) is 29.6 Å². The normalized spacial score (nSPS) is 20.0. The molecule has 0 spiro atoms. The number of rotatable bonds is 3. The molecule has 19 heavy (non-hydrogen) atoms. The van der Waals surface area contributed by atoms with Crippen LogP contribution in [0.1, 0.15) is 28.1 Å². The lowest BCUT2D eigenvalue weighted by Crippen LogP contribution is -2.29. The summed E-state index contributed by atoms with van der Waals surface area (Å²) >= 11 is 7.95. The summed E-state index contributed by atoms with van der Waals surface area (Å²) < 4.78 is 6.02. The Labute approximate surface area is 122 Å². The van der Waals surface area contributed by atoms with Crippen LogP contribution in [0, 0.1) is 0 Å². The van der Waals surface area contributed by atoms with Crippen molar-refractivity contribution in [2.75, 3.05) is 13.7 Å². The van der Waals surface area contributed by atoms with E-state index < -0.39 is 0 Å². The minimum absolute atomic E-state index is 0.0334. The van der Waals surface area contributed by atoms with E-state index in [-0.39, 0.29) is 12.1 Å². The topological polar surface area (TPSA) is 21.3 Å².